The van der Waals surface area contributed by atoms with Crippen molar-refractivity contribution in [3.8, 4) is 0 Å². The summed E-state index contributed by atoms with van der Waals surface area (Å²) < 4.78 is 5.57. The molecule has 0 saturated carbocycles. The maximum atomic E-state index is 12.6. The molecule has 0 radical (unpaired) electrons. The fourth-order valence-corrected chi connectivity index (χ4v) is 3.44. The molecule has 2 aromatic carbocycles. The number of fused-ring (bicyclic) bond motifs is 1. The van der Waals surface area contributed by atoms with Crippen LogP contribution in [0.1, 0.15) is 34.1 Å². The highest BCUT2D eigenvalue weighted by Crippen LogP contribution is 2.26. The number of carbonyl (C=O) groups excluding carboxylic acids is 1. The molecule has 4 aromatic rings. The van der Waals surface area contributed by atoms with E-state index < -0.39 is 0 Å². The SMILES string of the molecule is O=C(NC(CCc1c[nH]c2ccc(Cl)cc12)c1ccco1)c1ccccc1. The summed E-state index contributed by atoms with van der Waals surface area (Å²) in [6.07, 6.45) is 5.12. The maximum absolute atomic E-state index is 12.6. The van der Waals surface area contributed by atoms with Gasteiger partial charge in [0.1, 0.15) is 5.76 Å². The molecule has 27 heavy (non-hydrogen) atoms. The van der Waals surface area contributed by atoms with Gasteiger partial charge in [0.25, 0.3) is 5.91 Å². The molecule has 0 fully saturated rings. The number of aromatic amines is 1. The Bertz CT molecular complexity index is 1040. The molecule has 1 amide bonds. The van der Waals surface area contributed by atoms with Crippen molar-refractivity contribution in [2.45, 2.75) is 18.9 Å². The molecule has 0 aliphatic carbocycles. The van der Waals surface area contributed by atoms with Crippen LogP contribution in [-0.2, 0) is 6.42 Å². The molecule has 0 spiro atoms. The van der Waals surface area contributed by atoms with Crippen LogP contribution in [-0.4, -0.2) is 10.9 Å². The van der Waals surface area contributed by atoms with Crippen LogP contribution in [0.4, 0.5) is 0 Å². The van der Waals surface area contributed by atoms with Gasteiger partial charge in [-0.1, -0.05) is 29.8 Å². The van der Waals surface area contributed by atoms with E-state index in [9.17, 15) is 4.79 Å². The third kappa shape index (κ3) is 3.91. The normalized spacial score (nSPS) is 12.2. The molecule has 2 heterocycles. The number of aromatic nitrogens is 1. The third-order valence-corrected chi connectivity index (χ3v) is 4.89. The molecule has 5 heteroatoms. The second-order valence-corrected chi connectivity index (χ2v) is 6.89. The highest BCUT2D eigenvalue weighted by molar-refractivity contribution is 6.31. The Labute approximate surface area is 162 Å². The number of aryl methyl sites for hydroxylation is 1. The number of rotatable bonds is 6. The van der Waals surface area contributed by atoms with Gasteiger partial charge < -0.3 is 14.7 Å². The van der Waals surface area contributed by atoms with Crippen LogP contribution < -0.4 is 5.32 Å². The van der Waals surface area contributed by atoms with Crippen LogP contribution in [0.25, 0.3) is 10.9 Å². The molecule has 1 unspecified atom stereocenters. The summed E-state index contributed by atoms with van der Waals surface area (Å²) in [7, 11) is 0. The first-order chi connectivity index (χ1) is 13.2. The van der Waals surface area contributed by atoms with E-state index >= 15 is 0 Å². The average Bonchev–Trinajstić information content (AvgIpc) is 3.36. The van der Waals surface area contributed by atoms with E-state index in [1.165, 1.54) is 0 Å². The molecular formula is C22H19ClN2O2. The van der Waals surface area contributed by atoms with Gasteiger partial charge in [0.2, 0.25) is 0 Å². The van der Waals surface area contributed by atoms with Crippen molar-refractivity contribution in [3.63, 3.8) is 0 Å². The Morgan fingerprint density at radius 2 is 1.96 bits per heavy atom. The van der Waals surface area contributed by atoms with Crippen molar-refractivity contribution < 1.29 is 9.21 Å². The van der Waals surface area contributed by atoms with Gasteiger partial charge in [-0.2, -0.15) is 0 Å². The van der Waals surface area contributed by atoms with Gasteiger partial charge in [-0.3, -0.25) is 4.79 Å². The number of amides is 1. The van der Waals surface area contributed by atoms with Gasteiger partial charge in [-0.05, 0) is 60.9 Å². The molecule has 1 atom stereocenters. The lowest BCUT2D eigenvalue weighted by Gasteiger charge is -2.16. The Kier molecular flexibility index (Phi) is 4.99. The number of benzene rings is 2. The number of nitrogens with one attached hydrogen (secondary N) is 2. The summed E-state index contributed by atoms with van der Waals surface area (Å²) in [6.45, 7) is 0. The van der Waals surface area contributed by atoms with Crippen molar-refractivity contribution in [3.05, 3.63) is 95.0 Å². The van der Waals surface area contributed by atoms with Crippen LogP contribution in [0, 0.1) is 0 Å². The van der Waals surface area contributed by atoms with E-state index in [2.05, 4.69) is 10.3 Å². The number of H-pyrrole nitrogens is 1. The predicted molar refractivity (Wildman–Crippen MR) is 107 cm³/mol. The highest BCUT2D eigenvalue weighted by atomic mass is 35.5. The highest BCUT2D eigenvalue weighted by Gasteiger charge is 2.19. The van der Waals surface area contributed by atoms with Crippen molar-refractivity contribution in [2.24, 2.45) is 0 Å². The third-order valence-electron chi connectivity index (χ3n) is 4.66. The van der Waals surface area contributed by atoms with Gasteiger partial charge in [0.15, 0.2) is 0 Å². The molecule has 0 bridgehead atoms. The molecule has 4 nitrogen and oxygen atoms in total. The largest absolute Gasteiger partial charge is 0.467 e. The first kappa shape index (κ1) is 17.4. The molecule has 2 aromatic heterocycles. The fourth-order valence-electron chi connectivity index (χ4n) is 3.26. The molecule has 4 rings (SSSR count). The summed E-state index contributed by atoms with van der Waals surface area (Å²) >= 11 is 6.14. The zero-order valence-corrected chi connectivity index (χ0v) is 15.4. The first-order valence-electron chi connectivity index (χ1n) is 8.85. The van der Waals surface area contributed by atoms with Crippen LogP contribution in [0.5, 0.6) is 0 Å². The summed E-state index contributed by atoms with van der Waals surface area (Å²) in [4.78, 5) is 15.9. The second kappa shape index (κ2) is 7.72. The lowest BCUT2D eigenvalue weighted by Crippen LogP contribution is -2.28. The van der Waals surface area contributed by atoms with Crippen molar-refractivity contribution >= 4 is 28.4 Å². The number of hydrogen-bond acceptors (Lipinski definition) is 2. The van der Waals surface area contributed by atoms with Gasteiger partial charge in [0.05, 0.1) is 12.3 Å². The minimum Gasteiger partial charge on any atom is -0.467 e. The second-order valence-electron chi connectivity index (χ2n) is 6.45. The quantitative estimate of drug-likeness (QED) is 0.464. The summed E-state index contributed by atoms with van der Waals surface area (Å²) in [5.74, 6) is 0.635. The standard InChI is InChI=1S/C22H19ClN2O2/c23-17-9-11-19-18(13-17)16(14-24-19)8-10-20(21-7-4-12-27-21)25-22(26)15-5-2-1-3-6-15/h1-7,9,11-14,20,24H,8,10H2,(H,25,26). The molecule has 2 N–H and O–H groups in total. The minimum absolute atomic E-state index is 0.112. The van der Waals surface area contributed by atoms with Crippen molar-refractivity contribution in [2.75, 3.05) is 0 Å². The Morgan fingerprint density at radius 3 is 2.74 bits per heavy atom. The van der Waals surface area contributed by atoms with Gasteiger partial charge in [-0.15, -0.1) is 0 Å². The lowest BCUT2D eigenvalue weighted by molar-refractivity contribution is 0.0929. The van der Waals surface area contributed by atoms with Crippen molar-refractivity contribution in [1.29, 1.82) is 0 Å². The van der Waals surface area contributed by atoms with Gasteiger partial charge in [0, 0.05) is 27.7 Å². The Hall–Kier alpha value is -2.98. The van der Waals surface area contributed by atoms with Gasteiger partial charge in [-0.25, -0.2) is 0 Å². The Morgan fingerprint density at radius 1 is 1.11 bits per heavy atom. The molecule has 0 aliphatic heterocycles. The number of halogens is 1. The van der Waals surface area contributed by atoms with E-state index in [1.54, 1.807) is 18.4 Å². The van der Waals surface area contributed by atoms with Crippen LogP contribution in [0.3, 0.4) is 0 Å². The fraction of sp³-hybridized carbons (Fsp3) is 0.136. The van der Waals surface area contributed by atoms with E-state index in [-0.39, 0.29) is 11.9 Å². The van der Waals surface area contributed by atoms with E-state index in [0.717, 1.165) is 28.6 Å². The average molecular weight is 379 g/mol. The molecule has 136 valence electrons. The summed E-state index contributed by atoms with van der Waals surface area (Å²) in [6, 6.07) is 18.5. The molecule has 0 saturated heterocycles. The topological polar surface area (TPSA) is 58.0 Å². The number of furan rings is 1. The number of carbonyl (C=O) groups is 1. The minimum atomic E-state index is -0.211. The van der Waals surface area contributed by atoms with Gasteiger partial charge >= 0.3 is 0 Å². The summed E-state index contributed by atoms with van der Waals surface area (Å²) in [5, 5.41) is 4.91. The smallest absolute Gasteiger partial charge is 0.251 e. The van der Waals surface area contributed by atoms with Crippen LogP contribution in [0.2, 0.25) is 5.02 Å². The Balaban J connectivity index is 1.53. The zero-order chi connectivity index (χ0) is 18.6. The first-order valence-corrected chi connectivity index (χ1v) is 9.23. The van der Waals surface area contributed by atoms with E-state index in [1.807, 2.05) is 54.7 Å². The lowest BCUT2D eigenvalue weighted by atomic mass is 10.0. The zero-order valence-electron chi connectivity index (χ0n) is 14.6. The monoisotopic (exact) mass is 378 g/mol. The summed E-state index contributed by atoms with van der Waals surface area (Å²) in [5.41, 5.74) is 2.85. The predicted octanol–water partition coefficient (Wildman–Crippen LogP) is 5.52. The number of hydrogen-bond donors (Lipinski definition) is 2. The van der Waals surface area contributed by atoms with E-state index in [4.69, 9.17) is 16.0 Å². The molecular weight excluding hydrogens is 360 g/mol. The van der Waals surface area contributed by atoms with E-state index in [0.29, 0.717) is 17.0 Å². The maximum Gasteiger partial charge on any atom is 0.251 e. The molecule has 0 aliphatic rings. The van der Waals surface area contributed by atoms with Crippen LogP contribution >= 0.6 is 11.6 Å². The van der Waals surface area contributed by atoms with Crippen molar-refractivity contribution in [1.82, 2.24) is 10.3 Å². The van der Waals surface area contributed by atoms with Crippen LogP contribution in [0.15, 0.2) is 77.5 Å².